The first-order valence-corrected chi connectivity index (χ1v) is 12.4. The van der Waals surface area contributed by atoms with Gasteiger partial charge < -0.3 is 10.6 Å². The van der Waals surface area contributed by atoms with Crippen molar-refractivity contribution in [3.05, 3.63) is 137 Å². The van der Waals surface area contributed by atoms with Gasteiger partial charge in [-0.25, -0.2) is 4.99 Å². The summed E-state index contributed by atoms with van der Waals surface area (Å²) in [6.07, 6.45) is 1.55. The Morgan fingerprint density at radius 2 is 1.59 bits per heavy atom. The molecule has 8 nitrogen and oxygen atoms in total. The highest BCUT2D eigenvalue weighted by molar-refractivity contribution is 6.09. The molecule has 0 spiro atoms. The van der Waals surface area contributed by atoms with Crippen LogP contribution < -0.4 is 5.73 Å². The number of nitriles is 1. The Bertz CT molecular complexity index is 1540. The van der Waals surface area contributed by atoms with Crippen LogP contribution in [-0.2, 0) is 23.4 Å². The summed E-state index contributed by atoms with van der Waals surface area (Å²) in [4.78, 5) is 39.3. The first kappa shape index (κ1) is 25.4. The number of carbonyl (C=O) groups excluding carboxylic acids is 2. The average molecular weight is 515 g/mol. The average Bonchev–Trinajstić information content (AvgIpc) is 3.24. The largest absolute Gasteiger partial charge is 0.369 e. The van der Waals surface area contributed by atoms with Crippen molar-refractivity contribution in [3.8, 4) is 6.07 Å². The van der Waals surface area contributed by atoms with Crippen LogP contribution in [0.1, 0.15) is 38.3 Å². The van der Waals surface area contributed by atoms with Gasteiger partial charge in [0.1, 0.15) is 0 Å². The SMILES string of the molecule is CN(Cc1ccc(C#N)cc1)C(=O)c1ccnc(CN2C(=O)C(c3ccccc3)(c3ccccc3)N=C2N)c1. The van der Waals surface area contributed by atoms with Crippen LogP contribution in [0, 0.1) is 11.3 Å². The van der Waals surface area contributed by atoms with E-state index < -0.39 is 5.54 Å². The first-order valence-electron chi connectivity index (χ1n) is 12.4. The van der Waals surface area contributed by atoms with Crippen molar-refractivity contribution in [2.45, 2.75) is 18.6 Å². The summed E-state index contributed by atoms with van der Waals surface area (Å²) in [7, 11) is 1.71. The number of amides is 2. The van der Waals surface area contributed by atoms with Crippen LogP contribution in [0.5, 0.6) is 0 Å². The molecule has 0 bridgehead atoms. The number of nitrogens with zero attached hydrogens (tertiary/aromatic N) is 5. The third kappa shape index (κ3) is 4.86. The molecule has 4 aromatic rings. The van der Waals surface area contributed by atoms with Gasteiger partial charge in [0, 0.05) is 25.4 Å². The Morgan fingerprint density at radius 1 is 0.974 bits per heavy atom. The number of nitrogens with two attached hydrogens (primary N) is 1. The topological polar surface area (TPSA) is 116 Å². The smallest absolute Gasteiger partial charge is 0.266 e. The zero-order chi connectivity index (χ0) is 27.4. The van der Waals surface area contributed by atoms with Crippen LogP contribution in [0.4, 0.5) is 0 Å². The monoisotopic (exact) mass is 514 g/mol. The molecule has 0 unspecified atom stereocenters. The lowest BCUT2D eigenvalue weighted by Crippen LogP contribution is -2.43. The summed E-state index contributed by atoms with van der Waals surface area (Å²) in [5, 5.41) is 8.99. The Kier molecular flexibility index (Phi) is 6.89. The van der Waals surface area contributed by atoms with Crippen LogP contribution in [0.25, 0.3) is 0 Å². The summed E-state index contributed by atoms with van der Waals surface area (Å²) in [6.45, 7) is 0.444. The number of rotatable bonds is 7. The summed E-state index contributed by atoms with van der Waals surface area (Å²) in [6, 6.07) is 31.2. The molecule has 3 aromatic carbocycles. The normalized spacial score (nSPS) is 14.0. The zero-order valence-electron chi connectivity index (χ0n) is 21.4. The summed E-state index contributed by atoms with van der Waals surface area (Å²) < 4.78 is 0. The number of hydrogen-bond donors (Lipinski definition) is 1. The maximum Gasteiger partial charge on any atom is 0.266 e. The highest BCUT2D eigenvalue weighted by atomic mass is 16.2. The number of carbonyl (C=O) groups is 2. The predicted octanol–water partition coefficient (Wildman–Crippen LogP) is 3.83. The molecule has 5 rings (SSSR count). The van der Waals surface area contributed by atoms with Crippen molar-refractivity contribution in [3.63, 3.8) is 0 Å². The molecule has 1 aliphatic heterocycles. The lowest BCUT2D eigenvalue weighted by Gasteiger charge is -2.27. The van der Waals surface area contributed by atoms with Crippen LogP contribution >= 0.6 is 0 Å². The molecular formula is C31H26N6O2. The molecule has 2 N–H and O–H groups in total. The van der Waals surface area contributed by atoms with E-state index in [2.05, 4.69) is 11.1 Å². The van der Waals surface area contributed by atoms with Crippen LogP contribution in [0.2, 0.25) is 0 Å². The molecule has 2 amide bonds. The summed E-state index contributed by atoms with van der Waals surface area (Å²) in [5.41, 5.74) is 8.90. The second-order valence-electron chi connectivity index (χ2n) is 9.31. The predicted molar refractivity (Wildman–Crippen MR) is 147 cm³/mol. The lowest BCUT2D eigenvalue weighted by atomic mass is 9.83. The molecule has 0 saturated heterocycles. The quantitative estimate of drug-likeness (QED) is 0.403. The second-order valence-corrected chi connectivity index (χ2v) is 9.31. The molecule has 2 heterocycles. The van der Waals surface area contributed by atoms with Gasteiger partial charge in [0.15, 0.2) is 11.5 Å². The fraction of sp³-hybridized carbons (Fsp3) is 0.129. The van der Waals surface area contributed by atoms with Crippen molar-refractivity contribution in [2.75, 3.05) is 7.05 Å². The van der Waals surface area contributed by atoms with Gasteiger partial charge >= 0.3 is 0 Å². The third-order valence-electron chi connectivity index (χ3n) is 6.73. The number of pyridine rings is 1. The molecule has 1 aromatic heterocycles. The fourth-order valence-electron chi connectivity index (χ4n) is 4.74. The number of aromatic nitrogens is 1. The minimum Gasteiger partial charge on any atom is -0.369 e. The van der Waals surface area contributed by atoms with E-state index in [0.717, 1.165) is 5.56 Å². The molecule has 0 fully saturated rings. The van der Waals surface area contributed by atoms with Crippen molar-refractivity contribution in [1.82, 2.24) is 14.8 Å². The Morgan fingerprint density at radius 3 is 2.18 bits per heavy atom. The third-order valence-corrected chi connectivity index (χ3v) is 6.73. The lowest BCUT2D eigenvalue weighted by molar-refractivity contribution is -0.130. The highest BCUT2D eigenvalue weighted by Gasteiger charge is 2.50. The van der Waals surface area contributed by atoms with Gasteiger partial charge in [-0.1, -0.05) is 72.8 Å². The molecule has 0 radical (unpaired) electrons. The summed E-state index contributed by atoms with van der Waals surface area (Å²) >= 11 is 0. The van der Waals surface area contributed by atoms with Crippen molar-refractivity contribution >= 4 is 17.8 Å². The number of benzene rings is 3. The van der Waals surface area contributed by atoms with Crippen molar-refractivity contribution in [1.29, 1.82) is 5.26 Å². The molecule has 8 heteroatoms. The molecule has 39 heavy (non-hydrogen) atoms. The molecule has 0 aliphatic carbocycles. The zero-order valence-corrected chi connectivity index (χ0v) is 21.4. The van der Waals surface area contributed by atoms with E-state index in [1.165, 1.54) is 4.90 Å². The van der Waals surface area contributed by atoms with E-state index >= 15 is 0 Å². The fourth-order valence-corrected chi connectivity index (χ4v) is 4.74. The Balaban J connectivity index is 1.38. The van der Waals surface area contributed by atoms with Gasteiger partial charge in [0.2, 0.25) is 0 Å². The van der Waals surface area contributed by atoms with E-state index in [1.54, 1.807) is 42.4 Å². The molecule has 0 saturated carbocycles. The molecule has 1 aliphatic rings. The minimum atomic E-state index is -1.30. The molecular weight excluding hydrogens is 488 g/mol. The van der Waals surface area contributed by atoms with Crippen molar-refractivity contribution < 1.29 is 9.59 Å². The number of aliphatic imine (C=N–C) groups is 1. The first-order chi connectivity index (χ1) is 18.9. The summed E-state index contributed by atoms with van der Waals surface area (Å²) in [5.74, 6) is -0.390. The second kappa shape index (κ2) is 10.6. The van der Waals surface area contributed by atoms with Gasteiger partial charge in [0.05, 0.1) is 23.9 Å². The Labute approximate surface area is 226 Å². The van der Waals surface area contributed by atoms with E-state index in [0.29, 0.717) is 34.5 Å². The van der Waals surface area contributed by atoms with Crippen LogP contribution in [-0.4, -0.2) is 39.6 Å². The van der Waals surface area contributed by atoms with Crippen molar-refractivity contribution in [2.24, 2.45) is 10.7 Å². The standard InChI is InChI=1S/C31H26N6O2/c1-36(20-23-14-12-22(19-32)13-15-23)28(38)24-16-17-34-27(18-24)21-37-29(39)31(35-30(37)33,25-8-4-2-5-9-25)26-10-6-3-7-11-26/h2-18H,20-21H2,1H3,(H2,33,35). The number of guanidine groups is 1. The van der Waals surface area contributed by atoms with Gasteiger partial charge in [-0.15, -0.1) is 0 Å². The maximum atomic E-state index is 14.0. The van der Waals surface area contributed by atoms with Gasteiger partial charge in [-0.2, -0.15) is 5.26 Å². The van der Waals surface area contributed by atoms with E-state index in [4.69, 9.17) is 16.0 Å². The minimum absolute atomic E-state index is 0.0655. The highest BCUT2D eigenvalue weighted by Crippen LogP contribution is 2.39. The van der Waals surface area contributed by atoms with E-state index in [1.807, 2.05) is 72.8 Å². The Hall–Kier alpha value is -5.29. The van der Waals surface area contributed by atoms with E-state index in [9.17, 15) is 9.59 Å². The van der Waals surface area contributed by atoms with Crippen LogP contribution in [0.15, 0.2) is 108 Å². The van der Waals surface area contributed by atoms with Gasteiger partial charge in [-0.05, 0) is 41.0 Å². The van der Waals surface area contributed by atoms with Gasteiger partial charge in [-0.3, -0.25) is 19.5 Å². The van der Waals surface area contributed by atoms with Crippen LogP contribution in [0.3, 0.4) is 0 Å². The molecule has 0 atom stereocenters. The maximum absolute atomic E-state index is 14.0. The van der Waals surface area contributed by atoms with Gasteiger partial charge in [0.25, 0.3) is 11.8 Å². The number of hydrogen-bond acceptors (Lipinski definition) is 6. The van der Waals surface area contributed by atoms with E-state index in [-0.39, 0.29) is 24.3 Å². The molecule has 192 valence electrons.